The Bertz CT molecular complexity index is 397. The Morgan fingerprint density at radius 2 is 2.06 bits per heavy atom. The van der Waals surface area contributed by atoms with Crippen molar-refractivity contribution in [1.82, 2.24) is 0 Å². The zero-order chi connectivity index (χ0) is 11.5. The van der Waals surface area contributed by atoms with Crippen molar-refractivity contribution in [2.24, 2.45) is 5.92 Å². The first-order valence-electron chi connectivity index (χ1n) is 5.61. The van der Waals surface area contributed by atoms with Crippen molar-refractivity contribution in [3.63, 3.8) is 0 Å². The highest BCUT2D eigenvalue weighted by Crippen LogP contribution is 2.30. The summed E-state index contributed by atoms with van der Waals surface area (Å²) in [5.74, 6) is -0.505. The average Bonchev–Trinajstić information content (AvgIpc) is 2.18. The predicted octanol–water partition coefficient (Wildman–Crippen LogP) is 3.27. The molecule has 1 nitrogen and oxygen atoms in total. The Morgan fingerprint density at radius 3 is 2.69 bits per heavy atom. The van der Waals surface area contributed by atoms with Gasteiger partial charge in [0.05, 0.1) is 0 Å². The van der Waals surface area contributed by atoms with Gasteiger partial charge >= 0.3 is 0 Å². The van der Waals surface area contributed by atoms with Crippen LogP contribution in [0.5, 0.6) is 0 Å². The Balaban J connectivity index is 1.96. The zero-order valence-corrected chi connectivity index (χ0v) is 9.01. The van der Waals surface area contributed by atoms with Gasteiger partial charge in [0, 0.05) is 12.8 Å². The molecule has 3 heteroatoms. The van der Waals surface area contributed by atoms with E-state index in [4.69, 9.17) is 0 Å². The fourth-order valence-electron chi connectivity index (χ4n) is 1.98. The molecule has 86 valence electrons. The van der Waals surface area contributed by atoms with Gasteiger partial charge in [0.25, 0.3) is 0 Å². The van der Waals surface area contributed by atoms with E-state index in [9.17, 15) is 13.6 Å². The van der Waals surface area contributed by atoms with E-state index in [2.05, 4.69) is 0 Å². The second-order valence-corrected chi connectivity index (χ2v) is 4.45. The molecule has 2 rings (SSSR count). The number of ketones is 1. The lowest BCUT2D eigenvalue weighted by Gasteiger charge is -2.24. The molecular weight excluding hydrogens is 210 g/mol. The SMILES string of the molecule is O=C(Cc1cc(F)ccc1F)CC1CCC1. The standard InChI is InChI=1S/C13H14F2O/c14-11-4-5-13(15)10(7-11)8-12(16)6-9-2-1-3-9/h4-5,7,9H,1-3,6,8H2. The molecular formula is C13H14F2O. The molecule has 0 bridgehead atoms. The minimum absolute atomic E-state index is 0.00852. The summed E-state index contributed by atoms with van der Waals surface area (Å²) in [5.41, 5.74) is 0.171. The van der Waals surface area contributed by atoms with E-state index in [-0.39, 0.29) is 17.8 Å². The molecule has 0 heterocycles. The maximum Gasteiger partial charge on any atom is 0.137 e. The van der Waals surface area contributed by atoms with Crippen LogP contribution in [0.4, 0.5) is 8.78 Å². The third-order valence-corrected chi connectivity index (χ3v) is 3.14. The largest absolute Gasteiger partial charge is 0.299 e. The molecule has 0 aliphatic heterocycles. The zero-order valence-electron chi connectivity index (χ0n) is 9.01. The molecule has 1 saturated carbocycles. The van der Waals surface area contributed by atoms with Gasteiger partial charge < -0.3 is 0 Å². The maximum absolute atomic E-state index is 13.2. The number of carbonyl (C=O) groups is 1. The molecule has 0 amide bonds. The number of carbonyl (C=O) groups excluding carboxylic acids is 1. The number of hydrogen-bond donors (Lipinski definition) is 0. The molecule has 1 aromatic carbocycles. The van der Waals surface area contributed by atoms with Crippen LogP contribution < -0.4 is 0 Å². The lowest BCUT2D eigenvalue weighted by molar-refractivity contribution is -0.119. The first-order chi connectivity index (χ1) is 7.65. The Labute approximate surface area is 93.5 Å². The quantitative estimate of drug-likeness (QED) is 0.767. The summed E-state index contributed by atoms with van der Waals surface area (Å²) in [6.07, 6.45) is 3.90. The minimum Gasteiger partial charge on any atom is -0.299 e. The third-order valence-electron chi connectivity index (χ3n) is 3.14. The highest BCUT2D eigenvalue weighted by Gasteiger charge is 2.21. The molecule has 0 radical (unpaired) electrons. The van der Waals surface area contributed by atoms with Crippen LogP contribution in [-0.4, -0.2) is 5.78 Å². The number of rotatable bonds is 4. The van der Waals surface area contributed by atoms with E-state index in [0.29, 0.717) is 12.3 Å². The summed E-state index contributed by atoms with van der Waals surface area (Å²) in [6, 6.07) is 3.24. The topological polar surface area (TPSA) is 17.1 Å². The first kappa shape index (κ1) is 11.2. The van der Waals surface area contributed by atoms with Gasteiger partial charge in [-0.05, 0) is 29.7 Å². The number of Topliss-reactive ketones (excluding diaryl/α,β-unsaturated/α-hetero) is 1. The van der Waals surface area contributed by atoms with E-state index in [1.807, 2.05) is 0 Å². The second-order valence-electron chi connectivity index (χ2n) is 4.45. The molecule has 0 aromatic heterocycles. The summed E-state index contributed by atoms with van der Waals surface area (Å²) in [7, 11) is 0. The molecule has 0 saturated heterocycles. The highest BCUT2D eigenvalue weighted by molar-refractivity contribution is 5.81. The van der Waals surface area contributed by atoms with Crippen molar-refractivity contribution in [3.05, 3.63) is 35.4 Å². The van der Waals surface area contributed by atoms with Crippen molar-refractivity contribution >= 4 is 5.78 Å². The fourth-order valence-corrected chi connectivity index (χ4v) is 1.98. The van der Waals surface area contributed by atoms with Crippen LogP contribution in [-0.2, 0) is 11.2 Å². The molecule has 0 unspecified atom stereocenters. The molecule has 1 fully saturated rings. The summed E-state index contributed by atoms with van der Waals surface area (Å²) in [5, 5.41) is 0. The van der Waals surface area contributed by atoms with Crippen molar-refractivity contribution in [2.75, 3.05) is 0 Å². The second kappa shape index (κ2) is 4.73. The van der Waals surface area contributed by atoms with Gasteiger partial charge in [-0.1, -0.05) is 19.3 Å². The fraction of sp³-hybridized carbons (Fsp3) is 0.462. The molecule has 1 aliphatic rings. The van der Waals surface area contributed by atoms with Gasteiger partial charge in [-0.3, -0.25) is 4.79 Å². The molecule has 16 heavy (non-hydrogen) atoms. The van der Waals surface area contributed by atoms with E-state index in [0.717, 1.165) is 31.0 Å². The van der Waals surface area contributed by atoms with Gasteiger partial charge in [0.1, 0.15) is 17.4 Å². The summed E-state index contributed by atoms with van der Waals surface area (Å²) in [4.78, 5) is 11.6. The van der Waals surface area contributed by atoms with Crippen LogP contribution in [0.25, 0.3) is 0 Å². The van der Waals surface area contributed by atoms with Gasteiger partial charge in [0.15, 0.2) is 0 Å². The van der Waals surface area contributed by atoms with Crippen LogP contribution in [0, 0.1) is 17.6 Å². The van der Waals surface area contributed by atoms with E-state index >= 15 is 0 Å². The number of benzene rings is 1. The van der Waals surface area contributed by atoms with Crippen LogP contribution in [0.3, 0.4) is 0 Å². The van der Waals surface area contributed by atoms with Crippen molar-refractivity contribution in [3.8, 4) is 0 Å². The van der Waals surface area contributed by atoms with E-state index < -0.39 is 11.6 Å². The van der Waals surface area contributed by atoms with Gasteiger partial charge in [-0.15, -0.1) is 0 Å². The van der Waals surface area contributed by atoms with Crippen LogP contribution in [0.1, 0.15) is 31.2 Å². The van der Waals surface area contributed by atoms with E-state index in [1.165, 1.54) is 6.42 Å². The monoisotopic (exact) mass is 224 g/mol. The number of halogens is 2. The normalized spacial score (nSPS) is 15.9. The van der Waals surface area contributed by atoms with Crippen LogP contribution >= 0.6 is 0 Å². The lowest BCUT2D eigenvalue weighted by Crippen LogP contribution is -2.17. The molecule has 0 atom stereocenters. The van der Waals surface area contributed by atoms with Crippen molar-refractivity contribution in [2.45, 2.75) is 32.1 Å². The maximum atomic E-state index is 13.2. The van der Waals surface area contributed by atoms with Crippen molar-refractivity contribution < 1.29 is 13.6 Å². The number of hydrogen-bond acceptors (Lipinski definition) is 1. The van der Waals surface area contributed by atoms with Crippen molar-refractivity contribution in [1.29, 1.82) is 0 Å². The van der Waals surface area contributed by atoms with Gasteiger partial charge in [-0.25, -0.2) is 8.78 Å². The average molecular weight is 224 g/mol. The summed E-state index contributed by atoms with van der Waals surface area (Å²) >= 11 is 0. The van der Waals surface area contributed by atoms with Gasteiger partial charge in [0.2, 0.25) is 0 Å². The van der Waals surface area contributed by atoms with Gasteiger partial charge in [-0.2, -0.15) is 0 Å². The first-order valence-corrected chi connectivity index (χ1v) is 5.61. The summed E-state index contributed by atoms with van der Waals surface area (Å²) in [6.45, 7) is 0. The minimum atomic E-state index is -0.497. The molecule has 1 aliphatic carbocycles. The smallest absolute Gasteiger partial charge is 0.137 e. The Hall–Kier alpha value is -1.25. The highest BCUT2D eigenvalue weighted by atomic mass is 19.1. The van der Waals surface area contributed by atoms with E-state index in [1.54, 1.807) is 0 Å². The van der Waals surface area contributed by atoms with Crippen LogP contribution in [0.15, 0.2) is 18.2 Å². The molecule has 0 N–H and O–H groups in total. The predicted molar refractivity (Wildman–Crippen MR) is 57.0 cm³/mol. The third kappa shape index (κ3) is 2.65. The Morgan fingerprint density at radius 1 is 1.31 bits per heavy atom. The van der Waals surface area contributed by atoms with Crippen LogP contribution in [0.2, 0.25) is 0 Å². The summed E-state index contributed by atoms with van der Waals surface area (Å²) < 4.78 is 26.1. The molecule has 1 aromatic rings. The lowest BCUT2D eigenvalue weighted by atomic mass is 9.81. The molecule has 0 spiro atoms. The Kier molecular flexibility index (Phi) is 3.32.